The second-order valence-corrected chi connectivity index (χ2v) is 5.56. The van der Waals surface area contributed by atoms with Crippen molar-refractivity contribution in [1.82, 2.24) is 4.98 Å². The second-order valence-electron chi connectivity index (χ2n) is 4.35. The van der Waals surface area contributed by atoms with Crippen LogP contribution in [0.4, 0.5) is 11.5 Å². The third kappa shape index (κ3) is 3.23. The van der Waals surface area contributed by atoms with Crippen molar-refractivity contribution in [2.75, 3.05) is 18.0 Å². The maximum Gasteiger partial charge on any atom is 0.313 e. The Morgan fingerprint density at radius 3 is 3.05 bits per heavy atom. The van der Waals surface area contributed by atoms with Gasteiger partial charge in [0, 0.05) is 30.5 Å². The zero-order chi connectivity index (χ0) is 15.6. The number of aromatic nitrogens is 1. The summed E-state index contributed by atoms with van der Waals surface area (Å²) in [6, 6.07) is 1.21. The Hall–Kier alpha value is -1.90. The molecule has 1 atom stereocenters. The standard InChI is InChI=1S/C10H8BrClN6O3/c11-6-2-7(18(20)21)10(15-9(6)12)17-4-5(1-8(17)19)3-14-16-13/h2,5H,1,3-4H2. The molecule has 21 heavy (non-hydrogen) atoms. The molecule has 0 aromatic carbocycles. The Morgan fingerprint density at radius 1 is 1.71 bits per heavy atom. The number of hydrogen-bond donors (Lipinski definition) is 0. The summed E-state index contributed by atoms with van der Waals surface area (Å²) in [4.78, 5) is 30.2. The molecule has 1 saturated heterocycles. The summed E-state index contributed by atoms with van der Waals surface area (Å²) in [5, 5.41) is 14.5. The van der Waals surface area contributed by atoms with Crippen molar-refractivity contribution >= 4 is 44.9 Å². The molecule has 0 aliphatic carbocycles. The molecular weight excluding hydrogens is 368 g/mol. The van der Waals surface area contributed by atoms with Gasteiger partial charge in [0.15, 0.2) is 0 Å². The highest BCUT2D eigenvalue weighted by atomic mass is 79.9. The van der Waals surface area contributed by atoms with Crippen molar-refractivity contribution in [3.63, 3.8) is 0 Å². The van der Waals surface area contributed by atoms with Gasteiger partial charge in [-0.15, -0.1) is 0 Å². The molecule has 1 unspecified atom stereocenters. The molecule has 1 aromatic heterocycles. The minimum atomic E-state index is -0.628. The molecule has 1 fully saturated rings. The van der Waals surface area contributed by atoms with Crippen molar-refractivity contribution in [3.05, 3.63) is 36.2 Å². The van der Waals surface area contributed by atoms with Gasteiger partial charge in [-0.2, -0.15) is 0 Å². The van der Waals surface area contributed by atoms with Gasteiger partial charge in [-0.25, -0.2) is 4.98 Å². The van der Waals surface area contributed by atoms with Crippen LogP contribution in [0.2, 0.25) is 5.15 Å². The van der Waals surface area contributed by atoms with Gasteiger partial charge in [0.1, 0.15) is 5.15 Å². The van der Waals surface area contributed by atoms with E-state index in [9.17, 15) is 14.9 Å². The number of nitrogens with zero attached hydrogens (tertiary/aromatic N) is 6. The quantitative estimate of drug-likeness (QED) is 0.200. The van der Waals surface area contributed by atoms with Gasteiger partial charge >= 0.3 is 5.69 Å². The monoisotopic (exact) mass is 374 g/mol. The number of carbonyl (C=O) groups is 1. The second kappa shape index (κ2) is 6.25. The number of amides is 1. The van der Waals surface area contributed by atoms with Crippen molar-refractivity contribution in [1.29, 1.82) is 0 Å². The molecular formula is C10H8BrClN6O3. The van der Waals surface area contributed by atoms with Gasteiger partial charge in [-0.05, 0) is 27.4 Å². The zero-order valence-electron chi connectivity index (χ0n) is 10.4. The van der Waals surface area contributed by atoms with E-state index in [0.717, 1.165) is 0 Å². The molecule has 0 bridgehead atoms. The van der Waals surface area contributed by atoms with E-state index in [-0.39, 0.29) is 52.5 Å². The highest BCUT2D eigenvalue weighted by Gasteiger charge is 2.35. The summed E-state index contributed by atoms with van der Waals surface area (Å²) in [5.41, 5.74) is 7.98. The molecule has 110 valence electrons. The van der Waals surface area contributed by atoms with Crippen molar-refractivity contribution in [2.45, 2.75) is 6.42 Å². The zero-order valence-corrected chi connectivity index (χ0v) is 12.8. The highest BCUT2D eigenvalue weighted by molar-refractivity contribution is 9.10. The van der Waals surface area contributed by atoms with Crippen LogP contribution in [0.25, 0.3) is 10.4 Å². The average molecular weight is 376 g/mol. The van der Waals surface area contributed by atoms with E-state index >= 15 is 0 Å². The van der Waals surface area contributed by atoms with E-state index in [1.807, 2.05) is 0 Å². The molecule has 1 aliphatic heterocycles. The summed E-state index contributed by atoms with van der Waals surface area (Å²) in [7, 11) is 0. The lowest BCUT2D eigenvalue weighted by atomic mass is 10.1. The van der Waals surface area contributed by atoms with Gasteiger partial charge < -0.3 is 0 Å². The summed E-state index contributed by atoms with van der Waals surface area (Å²) in [6.45, 7) is 0.348. The number of rotatable bonds is 4. The van der Waals surface area contributed by atoms with E-state index in [2.05, 4.69) is 30.9 Å². The first-order valence-electron chi connectivity index (χ1n) is 5.75. The Balaban J connectivity index is 2.37. The third-order valence-electron chi connectivity index (χ3n) is 2.95. The van der Waals surface area contributed by atoms with E-state index in [1.165, 1.54) is 11.0 Å². The Kier molecular flexibility index (Phi) is 4.61. The SMILES string of the molecule is [N-]=[N+]=NCC1CC(=O)N(c2nc(Cl)c(Br)cc2[N+](=O)[O-])C1. The molecule has 9 nitrogen and oxygen atoms in total. The van der Waals surface area contributed by atoms with Gasteiger partial charge in [-0.1, -0.05) is 16.7 Å². The predicted octanol–water partition coefficient (Wildman–Crippen LogP) is 3.07. The first-order chi connectivity index (χ1) is 9.93. The fraction of sp³-hybridized carbons (Fsp3) is 0.400. The normalized spacial score (nSPS) is 17.7. The minimum absolute atomic E-state index is 0.0295. The third-order valence-corrected chi connectivity index (χ3v) is 4.08. The molecule has 2 heterocycles. The van der Waals surface area contributed by atoms with Crippen molar-refractivity contribution in [2.24, 2.45) is 11.0 Å². The van der Waals surface area contributed by atoms with Crippen LogP contribution < -0.4 is 4.90 Å². The fourth-order valence-corrected chi connectivity index (χ4v) is 2.48. The Morgan fingerprint density at radius 2 is 2.43 bits per heavy atom. The highest BCUT2D eigenvalue weighted by Crippen LogP contribution is 2.36. The van der Waals surface area contributed by atoms with E-state index < -0.39 is 4.92 Å². The number of anilines is 1. The summed E-state index contributed by atoms with van der Waals surface area (Å²) in [6.07, 6.45) is 0.144. The number of nitro groups is 1. The van der Waals surface area contributed by atoms with Gasteiger partial charge in [-0.3, -0.25) is 19.8 Å². The number of hydrogen-bond acceptors (Lipinski definition) is 5. The number of halogens is 2. The number of pyridine rings is 1. The van der Waals surface area contributed by atoms with E-state index in [0.29, 0.717) is 0 Å². The van der Waals surface area contributed by atoms with E-state index in [1.54, 1.807) is 0 Å². The van der Waals surface area contributed by atoms with Gasteiger partial charge in [0.25, 0.3) is 0 Å². The lowest BCUT2D eigenvalue weighted by Gasteiger charge is -2.15. The maximum atomic E-state index is 12.0. The summed E-state index contributed by atoms with van der Waals surface area (Å²) < 4.78 is 0.275. The molecule has 11 heteroatoms. The maximum absolute atomic E-state index is 12.0. The van der Waals surface area contributed by atoms with Crippen LogP contribution in [0.15, 0.2) is 15.7 Å². The lowest BCUT2D eigenvalue weighted by molar-refractivity contribution is -0.384. The van der Waals surface area contributed by atoms with Crippen molar-refractivity contribution in [3.8, 4) is 0 Å². The molecule has 0 saturated carbocycles. The van der Waals surface area contributed by atoms with Crippen LogP contribution >= 0.6 is 27.5 Å². The van der Waals surface area contributed by atoms with Crippen molar-refractivity contribution < 1.29 is 9.72 Å². The van der Waals surface area contributed by atoms with Crippen LogP contribution in [0.1, 0.15) is 6.42 Å². The lowest BCUT2D eigenvalue weighted by Crippen LogP contribution is -2.26. The fourth-order valence-electron chi connectivity index (χ4n) is 2.04. The Bertz CT molecular complexity index is 662. The number of carbonyl (C=O) groups excluding carboxylic acids is 1. The molecule has 0 spiro atoms. The van der Waals surface area contributed by atoms with Crippen LogP contribution in [0, 0.1) is 16.0 Å². The van der Waals surface area contributed by atoms with Gasteiger partial charge in [0.2, 0.25) is 11.7 Å². The molecule has 0 N–H and O–H groups in total. The van der Waals surface area contributed by atoms with Crippen LogP contribution in [-0.2, 0) is 4.79 Å². The number of azide groups is 1. The smallest absolute Gasteiger partial charge is 0.291 e. The average Bonchev–Trinajstić information content (AvgIpc) is 2.80. The molecule has 2 rings (SSSR count). The largest absolute Gasteiger partial charge is 0.313 e. The molecule has 1 aromatic rings. The first-order valence-corrected chi connectivity index (χ1v) is 6.92. The van der Waals surface area contributed by atoms with Gasteiger partial charge in [0.05, 0.1) is 9.40 Å². The predicted molar refractivity (Wildman–Crippen MR) is 78.1 cm³/mol. The molecule has 1 amide bonds. The minimum Gasteiger partial charge on any atom is -0.291 e. The topological polar surface area (TPSA) is 125 Å². The van der Waals surface area contributed by atoms with Crippen LogP contribution in [0.3, 0.4) is 0 Å². The summed E-state index contributed by atoms with van der Waals surface area (Å²) >= 11 is 8.91. The molecule has 1 aliphatic rings. The molecule has 0 radical (unpaired) electrons. The summed E-state index contributed by atoms with van der Waals surface area (Å²) in [5.74, 6) is -0.610. The Labute approximate surface area is 131 Å². The van der Waals surface area contributed by atoms with Crippen LogP contribution in [0.5, 0.6) is 0 Å². The van der Waals surface area contributed by atoms with E-state index in [4.69, 9.17) is 17.1 Å². The first kappa shape index (κ1) is 15.5. The van der Waals surface area contributed by atoms with Crippen LogP contribution in [-0.4, -0.2) is 28.9 Å².